The van der Waals surface area contributed by atoms with Gasteiger partial charge in [-0.05, 0) is 31.0 Å². The van der Waals surface area contributed by atoms with Crippen LogP contribution in [0.4, 0.5) is 4.39 Å². The molecule has 1 aromatic carbocycles. The van der Waals surface area contributed by atoms with Gasteiger partial charge in [0.15, 0.2) is 0 Å². The molecule has 0 amide bonds. The highest BCUT2D eigenvalue weighted by atomic mass is 32.2. The summed E-state index contributed by atoms with van der Waals surface area (Å²) < 4.78 is 40.8. The van der Waals surface area contributed by atoms with Crippen LogP contribution < -0.4 is 4.72 Å². The van der Waals surface area contributed by atoms with E-state index in [0.717, 1.165) is 44.6 Å². The normalized spacial score (nSPS) is 18.2. The topological polar surface area (TPSA) is 66.4 Å². The lowest BCUT2D eigenvalue weighted by Gasteiger charge is -2.21. The van der Waals surface area contributed by atoms with Crippen LogP contribution in [0.2, 0.25) is 0 Å². The molecule has 4 nitrogen and oxygen atoms in total. The van der Waals surface area contributed by atoms with E-state index >= 15 is 0 Å². The minimum absolute atomic E-state index is 0.00413. The van der Waals surface area contributed by atoms with Gasteiger partial charge in [0.2, 0.25) is 10.0 Å². The Kier molecular flexibility index (Phi) is 5.72. The molecule has 0 atom stereocenters. The monoisotopic (exact) mass is 315 g/mol. The van der Waals surface area contributed by atoms with Crippen molar-refractivity contribution in [1.29, 1.82) is 0 Å². The molecule has 0 radical (unpaired) electrons. The summed E-state index contributed by atoms with van der Waals surface area (Å²) in [6.07, 6.45) is 7.24. The zero-order valence-electron chi connectivity index (χ0n) is 12.0. The second-order valence-electron chi connectivity index (χ2n) is 5.57. The number of rotatable bonds is 4. The summed E-state index contributed by atoms with van der Waals surface area (Å²) in [5, 5.41) is 9.04. The van der Waals surface area contributed by atoms with E-state index in [9.17, 15) is 12.8 Å². The van der Waals surface area contributed by atoms with Gasteiger partial charge in [-0.25, -0.2) is 17.5 Å². The highest BCUT2D eigenvalue weighted by Crippen LogP contribution is 2.20. The third kappa shape index (κ3) is 4.49. The fourth-order valence-corrected chi connectivity index (χ4v) is 4.06. The first-order chi connectivity index (χ1) is 10.0. The Balaban J connectivity index is 2.13. The van der Waals surface area contributed by atoms with Crippen molar-refractivity contribution in [2.24, 2.45) is 0 Å². The van der Waals surface area contributed by atoms with Gasteiger partial charge in [-0.2, -0.15) is 0 Å². The van der Waals surface area contributed by atoms with Crippen molar-refractivity contribution in [3.05, 3.63) is 29.6 Å². The molecule has 1 aromatic rings. The number of hydrogen-bond donors (Lipinski definition) is 2. The van der Waals surface area contributed by atoms with Crippen LogP contribution in [0.5, 0.6) is 0 Å². The standard InChI is InChI=1S/C15H22FNO3S/c16-15-9-8-14(10-12(15)11-18)21(19,20)17-13-6-4-2-1-3-5-7-13/h8-10,13,17-18H,1-7,11H2. The lowest BCUT2D eigenvalue weighted by molar-refractivity contribution is 0.275. The fourth-order valence-electron chi connectivity index (χ4n) is 2.70. The first-order valence-electron chi connectivity index (χ1n) is 7.44. The first-order valence-corrected chi connectivity index (χ1v) is 8.93. The van der Waals surface area contributed by atoms with Crippen molar-refractivity contribution in [2.45, 2.75) is 62.5 Å². The summed E-state index contributed by atoms with van der Waals surface area (Å²) in [6, 6.07) is 3.46. The molecular formula is C15H22FNO3S. The van der Waals surface area contributed by atoms with E-state index in [2.05, 4.69) is 4.72 Å². The van der Waals surface area contributed by atoms with E-state index in [0.29, 0.717) is 0 Å². The summed E-state index contributed by atoms with van der Waals surface area (Å²) in [4.78, 5) is 0.00927. The Bertz CT molecular complexity index is 566. The maximum Gasteiger partial charge on any atom is 0.240 e. The second-order valence-corrected chi connectivity index (χ2v) is 7.29. The van der Waals surface area contributed by atoms with Gasteiger partial charge in [0.25, 0.3) is 0 Å². The van der Waals surface area contributed by atoms with Gasteiger partial charge >= 0.3 is 0 Å². The molecule has 2 rings (SSSR count). The third-order valence-corrected chi connectivity index (χ3v) is 5.44. The molecule has 1 fully saturated rings. The molecule has 0 saturated heterocycles. The molecule has 0 aliphatic heterocycles. The Hall–Kier alpha value is -0.980. The lowest BCUT2D eigenvalue weighted by Crippen LogP contribution is -2.35. The van der Waals surface area contributed by atoms with Gasteiger partial charge in [-0.1, -0.05) is 32.1 Å². The van der Waals surface area contributed by atoms with E-state index in [4.69, 9.17) is 5.11 Å². The maximum atomic E-state index is 13.3. The summed E-state index contributed by atoms with van der Waals surface area (Å²) in [6.45, 7) is -0.515. The van der Waals surface area contributed by atoms with Crippen molar-refractivity contribution in [3.8, 4) is 0 Å². The predicted molar refractivity (Wildman–Crippen MR) is 78.8 cm³/mol. The molecule has 0 spiro atoms. The number of aliphatic hydroxyl groups excluding tert-OH is 1. The maximum absolute atomic E-state index is 13.3. The number of sulfonamides is 1. The Labute approximate surface area is 125 Å². The Morgan fingerprint density at radius 1 is 1.14 bits per heavy atom. The van der Waals surface area contributed by atoms with E-state index < -0.39 is 22.4 Å². The van der Waals surface area contributed by atoms with Crippen LogP contribution in [-0.4, -0.2) is 19.6 Å². The third-order valence-electron chi connectivity index (χ3n) is 3.92. The molecule has 2 N–H and O–H groups in total. The summed E-state index contributed by atoms with van der Waals surface area (Å²) in [5.41, 5.74) is -0.00413. The van der Waals surface area contributed by atoms with Crippen LogP contribution in [0.25, 0.3) is 0 Å². The molecule has 21 heavy (non-hydrogen) atoms. The van der Waals surface area contributed by atoms with E-state index in [-0.39, 0.29) is 16.5 Å². The van der Waals surface area contributed by atoms with Gasteiger partial charge in [-0.15, -0.1) is 0 Å². The average molecular weight is 315 g/mol. The smallest absolute Gasteiger partial charge is 0.240 e. The second kappa shape index (κ2) is 7.33. The van der Waals surface area contributed by atoms with E-state index in [1.807, 2.05) is 0 Å². The van der Waals surface area contributed by atoms with Gasteiger partial charge in [0.05, 0.1) is 11.5 Å². The average Bonchev–Trinajstić information content (AvgIpc) is 2.42. The molecule has 0 aromatic heterocycles. The number of aliphatic hydroxyl groups is 1. The highest BCUT2D eigenvalue weighted by Gasteiger charge is 2.21. The molecule has 118 valence electrons. The van der Waals surface area contributed by atoms with E-state index in [1.54, 1.807) is 0 Å². The van der Waals surface area contributed by atoms with Crippen LogP contribution in [0.1, 0.15) is 50.5 Å². The Morgan fingerprint density at radius 2 is 1.76 bits per heavy atom. The molecule has 0 heterocycles. The van der Waals surface area contributed by atoms with Crippen LogP contribution in [0, 0.1) is 5.82 Å². The van der Waals surface area contributed by atoms with Crippen molar-refractivity contribution in [2.75, 3.05) is 0 Å². The van der Waals surface area contributed by atoms with Crippen LogP contribution in [0.15, 0.2) is 23.1 Å². The summed E-state index contributed by atoms with van der Waals surface area (Å²) in [7, 11) is -3.67. The van der Waals surface area contributed by atoms with Crippen molar-refractivity contribution in [3.63, 3.8) is 0 Å². The molecule has 6 heteroatoms. The molecular weight excluding hydrogens is 293 g/mol. The van der Waals surface area contributed by atoms with Gasteiger partial charge in [-0.3, -0.25) is 0 Å². The summed E-state index contributed by atoms with van der Waals surface area (Å²) >= 11 is 0. The molecule has 1 saturated carbocycles. The van der Waals surface area contributed by atoms with Gasteiger partial charge < -0.3 is 5.11 Å². The van der Waals surface area contributed by atoms with Crippen LogP contribution in [0.3, 0.4) is 0 Å². The summed E-state index contributed by atoms with van der Waals surface area (Å²) in [5.74, 6) is -0.595. The zero-order valence-corrected chi connectivity index (χ0v) is 12.8. The number of hydrogen-bond acceptors (Lipinski definition) is 3. The number of halogens is 1. The number of nitrogens with one attached hydrogen (secondary N) is 1. The van der Waals surface area contributed by atoms with Gasteiger partial charge in [0, 0.05) is 11.6 Å². The van der Waals surface area contributed by atoms with Crippen LogP contribution >= 0.6 is 0 Å². The minimum Gasteiger partial charge on any atom is -0.392 e. The first kappa shape index (κ1) is 16.4. The van der Waals surface area contributed by atoms with E-state index in [1.165, 1.54) is 18.6 Å². The lowest BCUT2D eigenvalue weighted by atomic mass is 9.97. The molecule has 0 bridgehead atoms. The van der Waals surface area contributed by atoms with Gasteiger partial charge in [0.1, 0.15) is 5.82 Å². The minimum atomic E-state index is -3.67. The molecule has 1 aliphatic rings. The van der Waals surface area contributed by atoms with Crippen LogP contribution in [-0.2, 0) is 16.6 Å². The largest absolute Gasteiger partial charge is 0.392 e. The zero-order chi connectivity index (χ0) is 15.3. The SMILES string of the molecule is O=S(=O)(NC1CCCCCCC1)c1ccc(F)c(CO)c1. The highest BCUT2D eigenvalue weighted by molar-refractivity contribution is 7.89. The van der Waals surface area contributed by atoms with Crippen molar-refractivity contribution in [1.82, 2.24) is 4.72 Å². The quantitative estimate of drug-likeness (QED) is 0.898. The fraction of sp³-hybridized carbons (Fsp3) is 0.600. The predicted octanol–water partition coefficient (Wildman–Crippen LogP) is 2.71. The van der Waals surface area contributed by atoms with Crippen molar-refractivity contribution < 1.29 is 17.9 Å². The molecule has 1 aliphatic carbocycles. The number of benzene rings is 1. The Morgan fingerprint density at radius 3 is 2.38 bits per heavy atom. The molecule has 0 unspecified atom stereocenters. The van der Waals surface area contributed by atoms with Crippen molar-refractivity contribution >= 4 is 10.0 Å².